The molecule has 0 bridgehead atoms. The first kappa shape index (κ1) is 32.8. The molecule has 5 aromatic carbocycles. The molecule has 0 fully saturated rings. The van der Waals surface area contributed by atoms with Crippen molar-refractivity contribution in [2.45, 2.75) is 64.8 Å². The first-order valence-electron chi connectivity index (χ1n) is 16.3. The number of aryl methyl sites for hydroxylation is 1. The fourth-order valence-electron chi connectivity index (χ4n) is 5.63. The Balaban J connectivity index is 1.14. The summed E-state index contributed by atoms with van der Waals surface area (Å²) in [4.78, 5) is 13.2. The Labute approximate surface area is 273 Å². The third kappa shape index (κ3) is 8.76. The fraction of sp³-hybridized carbons (Fsp3) is 0.293. The summed E-state index contributed by atoms with van der Waals surface area (Å²) in [6, 6.07) is 40.7. The average molecular weight is 617 g/mol. The largest absolute Gasteiger partial charge is 0.485 e. The highest BCUT2D eigenvalue weighted by Gasteiger charge is 2.39. The van der Waals surface area contributed by atoms with E-state index in [1.165, 1.54) is 5.56 Å². The highest BCUT2D eigenvalue weighted by atomic mass is 16.6. The van der Waals surface area contributed by atoms with Gasteiger partial charge < -0.3 is 18.9 Å². The van der Waals surface area contributed by atoms with E-state index in [9.17, 15) is 4.79 Å². The third-order valence-electron chi connectivity index (χ3n) is 8.20. The van der Waals surface area contributed by atoms with E-state index in [2.05, 4.69) is 36.4 Å². The number of carbonyl (C=O) groups excluding carboxylic acids is 1. The zero-order valence-corrected chi connectivity index (χ0v) is 27.0. The highest BCUT2D eigenvalue weighted by Crippen LogP contribution is 2.34. The minimum atomic E-state index is -1.17. The average Bonchev–Trinajstić information content (AvgIpc) is 3.10. The maximum atomic E-state index is 13.2. The van der Waals surface area contributed by atoms with E-state index in [4.69, 9.17) is 18.9 Å². The number of hydrogen-bond acceptors (Lipinski definition) is 5. The Morgan fingerprint density at radius 1 is 0.630 bits per heavy atom. The van der Waals surface area contributed by atoms with Crippen molar-refractivity contribution in [3.63, 3.8) is 0 Å². The minimum Gasteiger partial charge on any atom is -0.485 e. The third-order valence-corrected chi connectivity index (χ3v) is 8.20. The van der Waals surface area contributed by atoms with Gasteiger partial charge in [0.05, 0.1) is 6.61 Å². The molecule has 0 unspecified atom stereocenters. The molecule has 5 heteroatoms. The van der Waals surface area contributed by atoms with Crippen molar-refractivity contribution in [1.82, 2.24) is 0 Å². The van der Waals surface area contributed by atoms with Gasteiger partial charge in [-0.25, -0.2) is 4.79 Å². The normalized spacial score (nSPS) is 12.4. The number of unbranched alkanes of at least 4 members (excludes halogenated alkanes) is 3. The summed E-state index contributed by atoms with van der Waals surface area (Å²) in [5.41, 5.74) is 3.12. The Kier molecular flexibility index (Phi) is 11.8. The molecule has 5 aromatic rings. The summed E-state index contributed by atoms with van der Waals surface area (Å²) in [6.07, 6.45) is 4.90. The van der Waals surface area contributed by atoms with Crippen molar-refractivity contribution in [3.8, 4) is 11.5 Å². The number of fused-ring (bicyclic) bond motifs is 1. The number of carbonyl (C=O) groups is 1. The lowest BCUT2D eigenvalue weighted by Gasteiger charge is -2.29. The van der Waals surface area contributed by atoms with E-state index in [-0.39, 0.29) is 5.97 Å². The van der Waals surface area contributed by atoms with Crippen LogP contribution in [0.2, 0.25) is 0 Å². The monoisotopic (exact) mass is 616 g/mol. The Hall–Kier alpha value is -4.61. The van der Waals surface area contributed by atoms with Crippen molar-refractivity contribution in [2.75, 3.05) is 13.2 Å². The molecule has 5 rings (SSSR count). The fourth-order valence-corrected chi connectivity index (χ4v) is 5.63. The van der Waals surface area contributed by atoms with Crippen LogP contribution in [0, 0.1) is 0 Å². The smallest absolute Gasteiger partial charge is 0.342 e. The minimum absolute atomic E-state index is 0.307. The lowest BCUT2D eigenvalue weighted by Crippen LogP contribution is -2.38. The molecule has 0 saturated carbocycles. The second-order valence-corrected chi connectivity index (χ2v) is 11.6. The molecular formula is C41H44O5. The lowest BCUT2D eigenvalue weighted by atomic mass is 9.90. The highest BCUT2D eigenvalue weighted by molar-refractivity contribution is 5.92. The van der Waals surface area contributed by atoms with E-state index < -0.39 is 5.60 Å². The number of benzene rings is 5. The summed E-state index contributed by atoms with van der Waals surface area (Å²) in [5.74, 6) is 1.15. The Bertz CT molecular complexity index is 1660. The van der Waals surface area contributed by atoms with E-state index in [1.807, 2.05) is 98.8 Å². The lowest BCUT2D eigenvalue weighted by molar-refractivity contribution is -0.171. The standard InChI is InChI=1S/C41H44O5/c1-3-43-40(42)41(2,37-25-16-23-35-22-13-14-24-36(35)37)46-28-15-5-4-8-17-32-26-27-38(44-30-33-18-9-6-10-19-33)39(29-32)45-31-34-20-11-7-12-21-34/h6-7,9-14,16,18-27,29H,3-5,8,15,17,28,30-31H2,1-2H3/t41-/m0/s1. The molecule has 0 aromatic heterocycles. The maximum absolute atomic E-state index is 13.2. The van der Waals surface area contributed by atoms with Crippen LogP contribution < -0.4 is 9.47 Å². The molecule has 0 heterocycles. The predicted octanol–water partition coefficient (Wildman–Crippen LogP) is 9.60. The van der Waals surface area contributed by atoms with Gasteiger partial charge in [0.15, 0.2) is 17.1 Å². The van der Waals surface area contributed by atoms with Gasteiger partial charge in [0, 0.05) is 12.2 Å². The molecular weight excluding hydrogens is 572 g/mol. The molecule has 0 aliphatic rings. The van der Waals surface area contributed by atoms with Crippen LogP contribution in [0.4, 0.5) is 0 Å². The van der Waals surface area contributed by atoms with Crippen LogP contribution in [0.3, 0.4) is 0 Å². The Morgan fingerprint density at radius 3 is 1.98 bits per heavy atom. The van der Waals surface area contributed by atoms with Gasteiger partial charge in [0.25, 0.3) is 0 Å². The van der Waals surface area contributed by atoms with Gasteiger partial charge in [-0.2, -0.15) is 0 Å². The van der Waals surface area contributed by atoms with Gasteiger partial charge in [-0.05, 0) is 72.7 Å². The van der Waals surface area contributed by atoms with Gasteiger partial charge in [0.2, 0.25) is 0 Å². The molecule has 1 atom stereocenters. The number of rotatable bonds is 17. The molecule has 0 aliphatic heterocycles. The number of esters is 1. The Morgan fingerprint density at radius 2 is 1.26 bits per heavy atom. The molecule has 0 spiro atoms. The zero-order chi connectivity index (χ0) is 32.0. The van der Waals surface area contributed by atoms with Crippen molar-refractivity contribution in [2.24, 2.45) is 0 Å². The summed E-state index contributed by atoms with van der Waals surface area (Å²) < 4.78 is 24.3. The van der Waals surface area contributed by atoms with Crippen LogP contribution in [-0.2, 0) is 39.5 Å². The molecule has 0 N–H and O–H groups in total. The maximum Gasteiger partial charge on any atom is 0.342 e. The molecule has 238 valence electrons. The first-order chi connectivity index (χ1) is 22.6. The summed E-state index contributed by atoms with van der Waals surface area (Å²) >= 11 is 0. The molecule has 0 aliphatic carbocycles. The van der Waals surface area contributed by atoms with Crippen molar-refractivity contribution < 1.29 is 23.7 Å². The van der Waals surface area contributed by atoms with Crippen LogP contribution in [0.1, 0.15) is 61.8 Å². The quantitative estimate of drug-likeness (QED) is 0.0769. The van der Waals surface area contributed by atoms with Crippen LogP contribution >= 0.6 is 0 Å². The summed E-state index contributed by atoms with van der Waals surface area (Å²) in [6.45, 7) is 5.41. The van der Waals surface area contributed by atoms with Crippen molar-refractivity contribution >= 4 is 16.7 Å². The van der Waals surface area contributed by atoms with Gasteiger partial charge in [0.1, 0.15) is 13.2 Å². The van der Waals surface area contributed by atoms with E-state index in [0.717, 1.165) is 71.1 Å². The first-order valence-corrected chi connectivity index (χ1v) is 16.3. The predicted molar refractivity (Wildman–Crippen MR) is 184 cm³/mol. The molecule has 46 heavy (non-hydrogen) atoms. The van der Waals surface area contributed by atoms with Gasteiger partial charge in [-0.1, -0.05) is 122 Å². The van der Waals surface area contributed by atoms with Gasteiger partial charge in [-0.3, -0.25) is 0 Å². The van der Waals surface area contributed by atoms with Gasteiger partial charge >= 0.3 is 5.97 Å². The molecule has 5 nitrogen and oxygen atoms in total. The van der Waals surface area contributed by atoms with Crippen LogP contribution in [0.25, 0.3) is 10.8 Å². The zero-order valence-electron chi connectivity index (χ0n) is 27.0. The van der Waals surface area contributed by atoms with E-state index >= 15 is 0 Å². The molecule has 0 amide bonds. The van der Waals surface area contributed by atoms with Crippen molar-refractivity contribution in [3.05, 3.63) is 144 Å². The van der Waals surface area contributed by atoms with Crippen molar-refractivity contribution in [1.29, 1.82) is 0 Å². The topological polar surface area (TPSA) is 54.0 Å². The molecule has 0 saturated heterocycles. The van der Waals surface area contributed by atoms with Crippen LogP contribution in [0.15, 0.2) is 121 Å². The SMILES string of the molecule is CCOC(=O)[C@@](C)(OCCCCCCc1ccc(OCc2ccccc2)c(OCc2ccccc2)c1)c1cccc2ccccc12. The molecule has 0 radical (unpaired) electrons. The summed E-state index contributed by atoms with van der Waals surface area (Å²) in [7, 11) is 0. The van der Waals surface area contributed by atoms with Crippen LogP contribution in [-0.4, -0.2) is 19.2 Å². The summed E-state index contributed by atoms with van der Waals surface area (Å²) in [5, 5.41) is 2.08. The van der Waals surface area contributed by atoms with Crippen LogP contribution in [0.5, 0.6) is 11.5 Å². The number of hydrogen-bond donors (Lipinski definition) is 0. The second-order valence-electron chi connectivity index (χ2n) is 11.6. The number of ether oxygens (including phenoxy) is 4. The van der Waals surface area contributed by atoms with E-state index in [0.29, 0.717) is 26.4 Å². The van der Waals surface area contributed by atoms with E-state index in [1.54, 1.807) is 0 Å². The van der Waals surface area contributed by atoms with Gasteiger partial charge in [-0.15, -0.1) is 0 Å². The second kappa shape index (κ2) is 16.6.